The molecule has 0 spiro atoms. The van der Waals surface area contributed by atoms with Gasteiger partial charge in [0.2, 0.25) is 0 Å². The molecule has 0 bridgehead atoms. The second kappa shape index (κ2) is 3.35. The predicted octanol–water partition coefficient (Wildman–Crippen LogP) is 2.58. The summed E-state index contributed by atoms with van der Waals surface area (Å²) >= 11 is 0. The third-order valence-corrected chi connectivity index (χ3v) is 2.77. The summed E-state index contributed by atoms with van der Waals surface area (Å²) in [5.74, 6) is -0.263. The van der Waals surface area contributed by atoms with E-state index in [0.717, 1.165) is 10.9 Å². The molecule has 2 nitrogen and oxygen atoms in total. The van der Waals surface area contributed by atoms with Crippen LogP contribution in [0.1, 0.15) is 19.4 Å². The summed E-state index contributed by atoms with van der Waals surface area (Å²) in [4.78, 5) is 3.04. The van der Waals surface area contributed by atoms with Gasteiger partial charge in [0.05, 0.1) is 6.61 Å². The lowest BCUT2D eigenvalue weighted by molar-refractivity contribution is 0.215. The molecule has 80 valence electrons. The lowest BCUT2D eigenvalue weighted by atomic mass is 9.85. The molecule has 1 aromatic heterocycles. The van der Waals surface area contributed by atoms with E-state index in [-0.39, 0.29) is 12.4 Å². The van der Waals surface area contributed by atoms with Crippen molar-refractivity contribution in [1.82, 2.24) is 4.98 Å². The first-order valence-electron chi connectivity index (χ1n) is 4.92. The molecule has 0 atom stereocenters. The minimum Gasteiger partial charge on any atom is -0.395 e. The number of hydrogen-bond donors (Lipinski definition) is 2. The minimum atomic E-state index is -0.552. The van der Waals surface area contributed by atoms with Crippen molar-refractivity contribution < 1.29 is 9.50 Å². The van der Waals surface area contributed by atoms with Crippen LogP contribution >= 0.6 is 0 Å². The first kappa shape index (κ1) is 10.2. The van der Waals surface area contributed by atoms with Gasteiger partial charge in [0.15, 0.2) is 0 Å². The highest BCUT2D eigenvalue weighted by atomic mass is 19.1. The number of benzene rings is 1. The van der Waals surface area contributed by atoms with E-state index in [1.165, 1.54) is 6.07 Å². The number of fused-ring (bicyclic) bond motifs is 1. The van der Waals surface area contributed by atoms with E-state index in [2.05, 4.69) is 4.98 Å². The van der Waals surface area contributed by atoms with Crippen LogP contribution in [0.5, 0.6) is 0 Å². The summed E-state index contributed by atoms with van der Waals surface area (Å²) in [6.07, 6.45) is 1.78. The fraction of sp³-hybridized carbons (Fsp3) is 0.333. The summed E-state index contributed by atoms with van der Waals surface area (Å²) < 4.78 is 13.8. The molecular formula is C12H14FNO. The Hall–Kier alpha value is -1.35. The van der Waals surface area contributed by atoms with Gasteiger partial charge in [0.25, 0.3) is 0 Å². The summed E-state index contributed by atoms with van der Waals surface area (Å²) in [5.41, 5.74) is 0.886. The number of aliphatic hydroxyl groups is 1. The summed E-state index contributed by atoms with van der Waals surface area (Å²) in [7, 11) is 0. The number of nitrogens with one attached hydrogen (secondary N) is 1. The van der Waals surface area contributed by atoms with Crippen molar-refractivity contribution >= 4 is 10.9 Å². The van der Waals surface area contributed by atoms with E-state index in [4.69, 9.17) is 0 Å². The highest BCUT2D eigenvalue weighted by molar-refractivity contribution is 5.80. The maximum atomic E-state index is 13.8. The van der Waals surface area contributed by atoms with Gasteiger partial charge in [0, 0.05) is 22.5 Å². The van der Waals surface area contributed by atoms with E-state index < -0.39 is 5.41 Å². The second-order valence-electron chi connectivity index (χ2n) is 4.44. The SMILES string of the molecule is CC(C)(CO)c1cc2[nH]ccc2cc1F. The van der Waals surface area contributed by atoms with E-state index in [1.54, 1.807) is 12.3 Å². The number of aromatic amines is 1. The summed E-state index contributed by atoms with van der Waals surface area (Å²) in [6.45, 7) is 3.57. The van der Waals surface area contributed by atoms with Gasteiger partial charge in [-0.3, -0.25) is 0 Å². The van der Waals surface area contributed by atoms with Crippen LogP contribution in [0.4, 0.5) is 4.39 Å². The Morgan fingerprint density at radius 3 is 2.80 bits per heavy atom. The Labute approximate surface area is 87.7 Å². The largest absolute Gasteiger partial charge is 0.395 e. The van der Waals surface area contributed by atoms with Gasteiger partial charge in [-0.25, -0.2) is 4.39 Å². The Morgan fingerprint density at radius 2 is 2.13 bits per heavy atom. The molecule has 3 heteroatoms. The van der Waals surface area contributed by atoms with Crippen LogP contribution in [0, 0.1) is 5.82 Å². The van der Waals surface area contributed by atoms with Crippen LogP contribution in [0.25, 0.3) is 10.9 Å². The third kappa shape index (κ3) is 1.63. The number of hydrogen-bond acceptors (Lipinski definition) is 1. The van der Waals surface area contributed by atoms with Crippen molar-refractivity contribution in [2.45, 2.75) is 19.3 Å². The summed E-state index contributed by atoms with van der Waals surface area (Å²) in [6, 6.07) is 5.09. The lowest BCUT2D eigenvalue weighted by Gasteiger charge is -2.22. The van der Waals surface area contributed by atoms with Crippen LogP contribution in [-0.4, -0.2) is 16.7 Å². The van der Waals surface area contributed by atoms with Gasteiger partial charge in [-0.15, -0.1) is 0 Å². The number of rotatable bonds is 2. The quantitative estimate of drug-likeness (QED) is 0.780. The molecule has 0 aliphatic rings. The maximum Gasteiger partial charge on any atom is 0.127 e. The fourth-order valence-electron chi connectivity index (χ4n) is 1.68. The van der Waals surface area contributed by atoms with E-state index >= 15 is 0 Å². The lowest BCUT2D eigenvalue weighted by Crippen LogP contribution is -2.23. The Bertz CT molecular complexity index is 487. The van der Waals surface area contributed by atoms with E-state index in [0.29, 0.717) is 5.56 Å². The predicted molar refractivity (Wildman–Crippen MR) is 58.4 cm³/mol. The molecule has 0 unspecified atom stereocenters. The van der Waals surface area contributed by atoms with Crippen molar-refractivity contribution in [1.29, 1.82) is 0 Å². The van der Waals surface area contributed by atoms with Gasteiger partial charge in [-0.2, -0.15) is 0 Å². The first-order chi connectivity index (χ1) is 7.04. The average molecular weight is 207 g/mol. The highest BCUT2D eigenvalue weighted by Gasteiger charge is 2.23. The molecule has 2 rings (SSSR count). The third-order valence-electron chi connectivity index (χ3n) is 2.77. The van der Waals surface area contributed by atoms with Crippen molar-refractivity contribution in [3.63, 3.8) is 0 Å². The number of aliphatic hydroxyl groups excluding tert-OH is 1. The highest BCUT2D eigenvalue weighted by Crippen LogP contribution is 2.28. The van der Waals surface area contributed by atoms with E-state index in [9.17, 15) is 9.50 Å². The molecule has 0 radical (unpaired) electrons. The van der Waals surface area contributed by atoms with Crippen molar-refractivity contribution in [2.75, 3.05) is 6.61 Å². The zero-order valence-corrected chi connectivity index (χ0v) is 8.84. The maximum absolute atomic E-state index is 13.8. The molecule has 0 saturated heterocycles. The number of H-pyrrole nitrogens is 1. The van der Waals surface area contributed by atoms with Crippen molar-refractivity contribution in [3.05, 3.63) is 35.8 Å². The zero-order valence-electron chi connectivity index (χ0n) is 8.84. The van der Waals surface area contributed by atoms with Gasteiger partial charge >= 0.3 is 0 Å². The molecule has 1 aromatic carbocycles. The molecule has 0 aliphatic carbocycles. The molecule has 1 heterocycles. The molecule has 0 amide bonds. The number of halogens is 1. The molecule has 2 aromatic rings. The molecule has 2 N–H and O–H groups in total. The average Bonchev–Trinajstić information content (AvgIpc) is 2.63. The Morgan fingerprint density at radius 1 is 1.40 bits per heavy atom. The molecular weight excluding hydrogens is 193 g/mol. The molecule has 0 fully saturated rings. The minimum absolute atomic E-state index is 0.0733. The standard InChI is InChI=1S/C12H14FNO/c1-12(2,7-15)9-6-11-8(3-4-14-11)5-10(9)13/h3-6,14-15H,7H2,1-2H3. The van der Waals surface area contributed by atoms with Crippen molar-refractivity contribution in [3.8, 4) is 0 Å². The number of aromatic nitrogens is 1. The van der Waals surface area contributed by atoms with Crippen LogP contribution in [0.15, 0.2) is 24.4 Å². The smallest absolute Gasteiger partial charge is 0.127 e. The van der Waals surface area contributed by atoms with Crippen LogP contribution in [-0.2, 0) is 5.41 Å². The van der Waals surface area contributed by atoms with Crippen LogP contribution < -0.4 is 0 Å². The Balaban J connectivity index is 2.65. The first-order valence-corrected chi connectivity index (χ1v) is 4.92. The second-order valence-corrected chi connectivity index (χ2v) is 4.44. The monoisotopic (exact) mass is 207 g/mol. The van der Waals surface area contributed by atoms with Gasteiger partial charge < -0.3 is 10.1 Å². The topological polar surface area (TPSA) is 36.0 Å². The van der Waals surface area contributed by atoms with E-state index in [1.807, 2.05) is 19.9 Å². The summed E-state index contributed by atoms with van der Waals surface area (Å²) in [5, 5.41) is 10.1. The zero-order chi connectivity index (χ0) is 11.1. The van der Waals surface area contributed by atoms with Crippen LogP contribution in [0.2, 0.25) is 0 Å². The molecule has 0 aliphatic heterocycles. The van der Waals surface area contributed by atoms with Gasteiger partial charge in [-0.05, 0) is 23.8 Å². The molecule has 0 saturated carbocycles. The molecule has 15 heavy (non-hydrogen) atoms. The van der Waals surface area contributed by atoms with Gasteiger partial charge in [-0.1, -0.05) is 13.8 Å². The Kier molecular flexibility index (Phi) is 2.27. The van der Waals surface area contributed by atoms with Crippen LogP contribution in [0.3, 0.4) is 0 Å². The fourth-order valence-corrected chi connectivity index (χ4v) is 1.68. The van der Waals surface area contributed by atoms with Crippen molar-refractivity contribution in [2.24, 2.45) is 0 Å². The van der Waals surface area contributed by atoms with Gasteiger partial charge in [0.1, 0.15) is 5.82 Å². The normalized spacial score (nSPS) is 12.3.